The van der Waals surface area contributed by atoms with E-state index in [2.05, 4.69) is 6.07 Å². The summed E-state index contributed by atoms with van der Waals surface area (Å²) in [6, 6.07) is 14.8. The minimum Gasteiger partial charge on any atom is -0.423 e. The Kier molecular flexibility index (Phi) is 4.73. The lowest BCUT2D eigenvalue weighted by molar-refractivity contribution is -0.0505. The minimum absolute atomic E-state index is 0.106. The molecule has 0 aliphatic heterocycles. The Hall–Kier alpha value is -2.21. The fourth-order valence-corrected chi connectivity index (χ4v) is 6.42. The van der Waals surface area contributed by atoms with E-state index < -0.39 is 23.7 Å². The summed E-state index contributed by atoms with van der Waals surface area (Å²) in [7, 11) is 0. The van der Waals surface area contributed by atoms with Gasteiger partial charge in [0.15, 0.2) is 0 Å². The number of hydrogen-bond acceptors (Lipinski definition) is 5. The third kappa shape index (κ3) is 2.91. The van der Waals surface area contributed by atoms with E-state index in [9.17, 15) is 20.1 Å². The Bertz CT molecular complexity index is 957. The highest BCUT2D eigenvalue weighted by Crippen LogP contribution is 2.61. The Morgan fingerprint density at radius 2 is 1.80 bits per heavy atom. The molecule has 0 spiro atoms. The Morgan fingerprint density at radius 1 is 1.03 bits per heavy atom. The van der Waals surface area contributed by atoms with Gasteiger partial charge in [0.1, 0.15) is 11.9 Å². The van der Waals surface area contributed by atoms with Gasteiger partial charge in [-0.3, -0.25) is 0 Å². The van der Waals surface area contributed by atoms with Gasteiger partial charge in [0.2, 0.25) is 0 Å². The standard InChI is InChI=1S/C25H28O5/c1-25-12-11-18-17-10-8-16(30-24(29)14-5-3-2-4-6-14)13-15(17)7-9-19(18)20(25)21(26)22(27)23(25)28/h2-6,8,10,13,18-23,26-28H,7,9,11-12H2,1H3/t18?,19?,20?,21?,22-,23+,25+/m1/s1. The molecular weight excluding hydrogens is 380 g/mol. The van der Waals surface area contributed by atoms with Crippen molar-refractivity contribution in [3.05, 3.63) is 65.2 Å². The highest BCUT2D eigenvalue weighted by molar-refractivity contribution is 5.91. The molecule has 2 aromatic carbocycles. The number of benzene rings is 2. The minimum atomic E-state index is -1.07. The first-order chi connectivity index (χ1) is 14.4. The lowest BCUT2D eigenvalue weighted by atomic mass is 9.55. The maximum absolute atomic E-state index is 12.4. The van der Waals surface area contributed by atoms with Crippen LogP contribution in [0.15, 0.2) is 48.5 Å². The van der Waals surface area contributed by atoms with Gasteiger partial charge >= 0.3 is 5.97 Å². The van der Waals surface area contributed by atoms with Crippen LogP contribution in [0.25, 0.3) is 0 Å². The summed E-state index contributed by atoms with van der Waals surface area (Å²) in [6.07, 6.45) is 0.594. The van der Waals surface area contributed by atoms with Crippen LogP contribution < -0.4 is 4.74 Å². The topological polar surface area (TPSA) is 87.0 Å². The zero-order valence-corrected chi connectivity index (χ0v) is 17.1. The molecule has 0 radical (unpaired) electrons. The molecule has 2 saturated carbocycles. The molecule has 0 aromatic heterocycles. The molecule has 0 amide bonds. The number of aryl methyl sites for hydroxylation is 1. The highest BCUT2D eigenvalue weighted by atomic mass is 16.5. The van der Waals surface area contributed by atoms with Crippen LogP contribution in [-0.4, -0.2) is 39.6 Å². The van der Waals surface area contributed by atoms with E-state index >= 15 is 0 Å². The molecule has 0 saturated heterocycles. The lowest BCUT2D eigenvalue weighted by Crippen LogP contribution is -2.46. The van der Waals surface area contributed by atoms with E-state index in [1.54, 1.807) is 12.1 Å². The first kappa shape index (κ1) is 19.7. The first-order valence-corrected chi connectivity index (χ1v) is 10.8. The predicted octanol–water partition coefficient (Wildman–Crippen LogP) is 3.06. The van der Waals surface area contributed by atoms with Crippen LogP contribution in [0.2, 0.25) is 0 Å². The molecule has 2 fully saturated rings. The number of esters is 1. The summed E-state index contributed by atoms with van der Waals surface area (Å²) in [5.41, 5.74) is 2.51. The molecule has 5 nitrogen and oxygen atoms in total. The summed E-state index contributed by atoms with van der Waals surface area (Å²) in [6.45, 7) is 2.01. The van der Waals surface area contributed by atoms with Gasteiger partial charge in [0.25, 0.3) is 0 Å². The summed E-state index contributed by atoms with van der Waals surface area (Å²) in [5, 5.41) is 31.6. The average Bonchev–Trinajstić information content (AvgIpc) is 2.94. The summed E-state index contributed by atoms with van der Waals surface area (Å²) < 4.78 is 5.59. The number of aliphatic hydroxyl groups excluding tert-OH is 3. The van der Waals surface area contributed by atoms with Crippen molar-refractivity contribution < 1.29 is 24.9 Å². The smallest absolute Gasteiger partial charge is 0.343 e. The van der Waals surface area contributed by atoms with Crippen LogP contribution in [0, 0.1) is 17.3 Å². The van der Waals surface area contributed by atoms with Crippen LogP contribution in [0.5, 0.6) is 5.75 Å². The third-order valence-corrected chi connectivity index (χ3v) is 7.93. The van der Waals surface area contributed by atoms with Gasteiger partial charge in [0, 0.05) is 5.41 Å². The quantitative estimate of drug-likeness (QED) is 0.525. The number of fused-ring (bicyclic) bond motifs is 5. The van der Waals surface area contributed by atoms with E-state index in [1.165, 1.54) is 11.1 Å². The molecule has 0 heterocycles. The molecule has 4 unspecified atom stereocenters. The van der Waals surface area contributed by atoms with Gasteiger partial charge in [-0.1, -0.05) is 31.2 Å². The molecule has 2 aromatic rings. The number of hydrogen-bond donors (Lipinski definition) is 3. The van der Waals surface area contributed by atoms with Crippen LogP contribution in [0.4, 0.5) is 0 Å². The Labute approximate surface area is 176 Å². The van der Waals surface area contributed by atoms with E-state index in [1.807, 2.05) is 37.3 Å². The fourth-order valence-electron chi connectivity index (χ4n) is 6.42. The Balaban J connectivity index is 1.39. The van der Waals surface area contributed by atoms with Gasteiger partial charge < -0.3 is 20.1 Å². The maximum atomic E-state index is 12.4. The maximum Gasteiger partial charge on any atom is 0.343 e. The van der Waals surface area contributed by atoms with Crippen molar-refractivity contribution in [1.82, 2.24) is 0 Å². The number of rotatable bonds is 2. The molecule has 7 atom stereocenters. The molecule has 3 aliphatic carbocycles. The molecule has 30 heavy (non-hydrogen) atoms. The summed E-state index contributed by atoms with van der Waals surface area (Å²) >= 11 is 0. The normalized spacial score (nSPS) is 37.1. The van der Waals surface area contributed by atoms with Crippen molar-refractivity contribution in [2.45, 2.75) is 56.8 Å². The van der Waals surface area contributed by atoms with Crippen LogP contribution in [0.3, 0.4) is 0 Å². The molecule has 5 rings (SSSR count). The van der Waals surface area contributed by atoms with E-state index in [-0.39, 0.29) is 23.7 Å². The lowest BCUT2D eigenvalue weighted by Gasteiger charge is -2.50. The second-order valence-electron chi connectivity index (χ2n) is 9.42. The van der Waals surface area contributed by atoms with Gasteiger partial charge in [-0.05, 0) is 78.8 Å². The van der Waals surface area contributed by atoms with E-state index in [0.717, 1.165) is 25.7 Å². The first-order valence-electron chi connectivity index (χ1n) is 10.8. The van der Waals surface area contributed by atoms with Gasteiger partial charge in [0.05, 0.1) is 17.8 Å². The van der Waals surface area contributed by atoms with Gasteiger partial charge in [-0.25, -0.2) is 4.79 Å². The van der Waals surface area contributed by atoms with Crippen molar-refractivity contribution in [3.8, 4) is 5.75 Å². The molecule has 3 N–H and O–H groups in total. The van der Waals surface area contributed by atoms with Crippen LogP contribution in [0.1, 0.15) is 53.6 Å². The fraction of sp³-hybridized carbons (Fsp3) is 0.480. The van der Waals surface area contributed by atoms with Crippen molar-refractivity contribution in [2.75, 3.05) is 0 Å². The predicted molar refractivity (Wildman–Crippen MR) is 111 cm³/mol. The molecule has 3 aliphatic rings. The number of aliphatic hydroxyl groups is 3. The van der Waals surface area contributed by atoms with Crippen molar-refractivity contribution in [3.63, 3.8) is 0 Å². The largest absolute Gasteiger partial charge is 0.423 e. The second kappa shape index (κ2) is 7.19. The van der Waals surface area contributed by atoms with E-state index in [4.69, 9.17) is 4.74 Å². The zero-order chi connectivity index (χ0) is 21.0. The summed E-state index contributed by atoms with van der Waals surface area (Å²) in [5.74, 6) is 0.599. The molecule has 5 heteroatoms. The number of carbonyl (C=O) groups is 1. The van der Waals surface area contributed by atoms with Gasteiger partial charge in [-0.2, -0.15) is 0 Å². The van der Waals surface area contributed by atoms with Crippen molar-refractivity contribution in [2.24, 2.45) is 17.3 Å². The van der Waals surface area contributed by atoms with Crippen LogP contribution >= 0.6 is 0 Å². The molecular formula is C25H28O5. The third-order valence-electron chi connectivity index (χ3n) is 7.93. The van der Waals surface area contributed by atoms with Crippen molar-refractivity contribution >= 4 is 5.97 Å². The zero-order valence-electron chi connectivity index (χ0n) is 17.1. The average molecular weight is 408 g/mol. The van der Waals surface area contributed by atoms with Crippen molar-refractivity contribution in [1.29, 1.82) is 0 Å². The summed E-state index contributed by atoms with van der Waals surface area (Å²) in [4.78, 5) is 12.4. The molecule has 0 bridgehead atoms. The SMILES string of the molecule is C[C@]12CCC3c4ccc(OC(=O)c5ccccc5)cc4CCC3C1C(O)[C@@H](O)[C@@H]2O. The second-order valence-corrected chi connectivity index (χ2v) is 9.42. The number of carbonyl (C=O) groups excluding carboxylic acids is 1. The number of ether oxygens (including phenoxy) is 1. The highest BCUT2D eigenvalue weighted by Gasteiger charge is 2.62. The van der Waals surface area contributed by atoms with Gasteiger partial charge in [-0.15, -0.1) is 0 Å². The van der Waals surface area contributed by atoms with Crippen LogP contribution in [-0.2, 0) is 6.42 Å². The Morgan fingerprint density at radius 3 is 2.57 bits per heavy atom. The monoisotopic (exact) mass is 408 g/mol. The molecule has 158 valence electrons. The van der Waals surface area contributed by atoms with E-state index in [0.29, 0.717) is 11.3 Å².